The number of ether oxygens (including phenoxy) is 1. The molecule has 0 aliphatic rings. The number of rotatable bonds is 5. The molecule has 0 unspecified atom stereocenters. The Labute approximate surface area is 127 Å². The fourth-order valence-electron chi connectivity index (χ4n) is 2.13. The quantitative estimate of drug-likeness (QED) is 0.694. The highest BCUT2D eigenvalue weighted by Crippen LogP contribution is 2.33. The normalized spacial score (nSPS) is 11.0. The van der Waals surface area contributed by atoms with Crippen LogP contribution < -0.4 is 4.74 Å². The van der Waals surface area contributed by atoms with Crippen molar-refractivity contribution in [3.63, 3.8) is 0 Å². The Hall–Kier alpha value is -2.69. The van der Waals surface area contributed by atoms with E-state index in [0.717, 1.165) is 12.8 Å². The van der Waals surface area contributed by atoms with Crippen molar-refractivity contribution in [1.29, 1.82) is 0 Å². The Morgan fingerprint density at radius 3 is 2.82 bits per heavy atom. The Morgan fingerprint density at radius 1 is 1.14 bits per heavy atom. The van der Waals surface area contributed by atoms with E-state index in [1.807, 2.05) is 0 Å². The maximum atomic E-state index is 9.85. The second-order valence-corrected chi connectivity index (χ2v) is 5.06. The summed E-state index contributed by atoms with van der Waals surface area (Å²) in [5.74, 6) is 1.05. The van der Waals surface area contributed by atoms with Crippen LogP contribution in [0.1, 0.15) is 19.8 Å². The first-order chi connectivity index (χ1) is 10.7. The minimum absolute atomic E-state index is 0.0913. The molecule has 1 aromatic heterocycles. The smallest absolute Gasteiger partial charge is 0.227 e. The van der Waals surface area contributed by atoms with E-state index in [1.165, 1.54) is 6.07 Å². The molecule has 0 saturated carbocycles. The zero-order chi connectivity index (χ0) is 15.5. The number of hydrogen-bond donors (Lipinski definition) is 2. The Balaban J connectivity index is 1.93. The second-order valence-electron chi connectivity index (χ2n) is 5.06. The first kappa shape index (κ1) is 14.3. The molecule has 0 atom stereocenters. The summed E-state index contributed by atoms with van der Waals surface area (Å²) in [6.07, 6.45) is 1.95. The van der Waals surface area contributed by atoms with E-state index in [2.05, 4.69) is 11.9 Å². The van der Waals surface area contributed by atoms with E-state index in [1.54, 1.807) is 30.3 Å². The summed E-state index contributed by atoms with van der Waals surface area (Å²) in [5, 5.41) is 19.3. The lowest BCUT2D eigenvalue weighted by atomic mass is 10.2. The van der Waals surface area contributed by atoms with Crippen molar-refractivity contribution in [3.8, 4) is 28.7 Å². The third-order valence-corrected chi connectivity index (χ3v) is 3.33. The molecule has 0 radical (unpaired) electrons. The lowest BCUT2D eigenvalue weighted by Gasteiger charge is -2.08. The highest BCUT2D eigenvalue weighted by molar-refractivity contribution is 5.77. The number of unbranched alkanes of at least 4 members (excludes halogenated alkanes) is 1. The van der Waals surface area contributed by atoms with Crippen LogP contribution in [-0.4, -0.2) is 21.8 Å². The monoisotopic (exact) mass is 299 g/mol. The van der Waals surface area contributed by atoms with Gasteiger partial charge in [-0.05, 0) is 36.8 Å². The summed E-state index contributed by atoms with van der Waals surface area (Å²) in [7, 11) is 0. The van der Waals surface area contributed by atoms with Crippen LogP contribution >= 0.6 is 0 Å². The predicted molar refractivity (Wildman–Crippen MR) is 83.2 cm³/mol. The van der Waals surface area contributed by atoms with E-state index >= 15 is 0 Å². The molecular weight excluding hydrogens is 282 g/mol. The van der Waals surface area contributed by atoms with Gasteiger partial charge in [-0.1, -0.05) is 13.3 Å². The first-order valence-corrected chi connectivity index (χ1v) is 7.23. The van der Waals surface area contributed by atoms with E-state index in [0.29, 0.717) is 34.9 Å². The van der Waals surface area contributed by atoms with Gasteiger partial charge in [-0.15, -0.1) is 0 Å². The topological polar surface area (TPSA) is 75.7 Å². The molecule has 5 heteroatoms. The standard InChI is InChI=1S/C17H17NO4/c1-2-3-8-21-16-9-11(4-7-14(16)20)17-18-13-6-5-12(19)10-15(13)22-17/h4-7,9-10,19-20H,2-3,8H2,1H3. The number of aromatic hydroxyl groups is 2. The van der Waals surface area contributed by atoms with Gasteiger partial charge >= 0.3 is 0 Å². The number of phenolic OH excluding ortho intramolecular Hbond substituents is 2. The zero-order valence-electron chi connectivity index (χ0n) is 12.2. The van der Waals surface area contributed by atoms with Crippen molar-refractivity contribution in [1.82, 2.24) is 4.98 Å². The number of phenols is 2. The molecule has 0 spiro atoms. The number of hydrogen-bond acceptors (Lipinski definition) is 5. The molecule has 5 nitrogen and oxygen atoms in total. The summed E-state index contributed by atoms with van der Waals surface area (Å²) >= 11 is 0. The number of nitrogens with zero attached hydrogens (tertiary/aromatic N) is 1. The molecule has 0 aliphatic heterocycles. The van der Waals surface area contributed by atoms with Gasteiger partial charge in [-0.2, -0.15) is 0 Å². The predicted octanol–water partition coefficient (Wildman–Crippen LogP) is 4.08. The highest BCUT2D eigenvalue weighted by Gasteiger charge is 2.12. The van der Waals surface area contributed by atoms with E-state index in [9.17, 15) is 10.2 Å². The molecular formula is C17H17NO4. The van der Waals surface area contributed by atoms with Crippen LogP contribution in [0.5, 0.6) is 17.2 Å². The van der Waals surface area contributed by atoms with Crippen molar-refractivity contribution in [2.45, 2.75) is 19.8 Å². The molecule has 3 rings (SSSR count). The third-order valence-electron chi connectivity index (χ3n) is 3.33. The summed E-state index contributed by atoms with van der Waals surface area (Å²) in [6.45, 7) is 2.63. The van der Waals surface area contributed by atoms with Crippen molar-refractivity contribution in [2.75, 3.05) is 6.61 Å². The molecule has 1 heterocycles. The Morgan fingerprint density at radius 2 is 2.00 bits per heavy atom. The average Bonchev–Trinajstić information content (AvgIpc) is 2.92. The van der Waals surface area contributed by atoms with Gasteiger partial charge in [0.1, 0.15) is 11.3 Å². The molecule has 0 aliphatic carbocycles. The maximum Gasteiger partial charge on any atom is 0.227 e. The van der Waals surface area contributed by atoms with E-state index in [-0.39, 0.29) is 11.5 Å². The van der Waals surface area contributed by atoms with Crippen molar-refractivity contribution in [3.05, 3.63) is 36.4 Å². The summed E-state index contributed by atoms with van der Waals surface area (Å²) in [6, 6.07) is 9.75. The van der Waals surface area contributed by atoms with Gasteiger partial charge in [0.15, 0.2) is 17.1 Å². The second kappa shape index (κ2) is 5.97. The van der Waals surface area contributed by atoms with Gasteiger partial charge in [0.25, 0.3) is 0 Å². The fraction of sp³-hybridized carbons (Fsp3) is 0.235. The molecule has 22 heavy (non-hydrogen) atoms. The highest BCUT2D eigenvalue weighted by atomic mass is 16.5. The van der Waals surface area contributed by atoms with Gasteiger partial charge in [0, 0.05) is 11.6 Å². The summed E-state index contributed by atoms with van der Waals surface area (Å²) in [4.78, 5) is 4.38. The number of benzene rings is 2. The van der Waals surface area contributed by atoms with Gasteiger partial charge in [0.2, 0.25) is 5.89 Å². The third kappa shape index (κ3) is 2.83. The lowest BCUT2D eigenvalue weighted by molar-refractivity contribution is 0.293. The van der Waals surface area contributed by atoms with Gasteiger partial charge < -0.3 is 19.4 Å². The fourth-order valence-corrected chi connectivity index (χ4v) is 2.13. The van der Waals surface area contributed by atoms with E-state index in [4.69, 9.17) is 9.15 Å². The zero-order valence-corrected chi connectivity index (χ0v) is 12.2. The summed E-state index contributed by atoms with van der Waals surface area (Å²) in [5.41, 5.74) is 1.88. The van der Waals surface area contributed by atoms with Crippen molar-refractivity contribution < 1.29 is 19.4 Å². The molecule has 114 valence electrons. The van der Waals surface area contributed by atoms with Gasteiger partial charge in [-0.25, -0.2) is 4.98 Å². The minimum Gasteiger partial charge on any atom is -0.508 e. The molecule has 0 amide bonds. The SMILES string of the molecule is CCCCOc1cc(-c2nc3ccc(O)cc3o2)ccc1O. The largest absolute Gasteiger partial charge is 0.508 e. The summed E-state index contributed by atoms with van der Waals surface area (Å²) < 4.78 is 11.2. The van der Waals surface area contributed by atoms with Crippen LogP contribution in [0.25, 0.3) is 22.6 Å². The molecule has 2 N–H and O–H groups in total. The Bertz CT molecular complexity index is 794. The van der Waals surface area contributed by atoms with Crippen molar-refractivity contribution >= 4 is 11.1 Å². The van der Waals surface area contributed by atoms with E-state index < -0.39 is 0 Å². The number of fused-ring (bicyclic) bond motifs is 1. The van der Waals surface area contributed by atoms with Crippen LogP contribution in [0.3, 0.4) is 0 Å². The van der Waals surface area contributed by atoms with Gasteiger partial charge in [0.05, 0.1) is 6.61 Å². The molecule has 0 bridgehead atoms. The average molecular weight is 299 g/mol. The number of aromatic nitrogens is 1. The van der Waals surface area contributed by atoms with Crippen LogP contribution in [0.2, 0.25) is 0 Å². The maximum absolute atomic E-state index is 9.85. The minimum atomic E-state index is 0.0913. The molecule has 0 saturated heterocycles. The molecule has 2 aromatic carbocycles. The number of oxazole rings is 1. The molecule has 3 aromatic rings. The van der Waals surface area contributed by atoms with Crippen LogP contribution in [-0.2, 0) is 0 Å². The van der Waals surface area contributed by atoms with Gasteiger partial charge in [-0.3, -0.25) is 0 Å². The first-order valence-electron chi connectivity index (χ1n) is 7.23. The molecule has 0 fully saturated rings. The van der Waals surface area contributed by atoms with Crippen LogP contribution in [0.15, 0.2) is 40.8 Å². The Kier molecular flexibility index (Phi) is 3.87. The lowest BCUT2D eigenvalue weighted by Crippen LogP contribution is -1.96. The van der Waals surface area contributed by atoms with Crippen LogP contribution in [0, 0.1) is 0 Å². The van der Waals surface area contributed by atoms with Crippen LogP contribution in [0.4, 0.5) is 0 Å². The van der Waals surface area contributed by atoms with Crippen molar-refractivity contribution in [2.24, 2.45) is 0 Å².